The molecule has 0 aromatic heterocycles. The molecular formula is C19H23ClN2. The molecule has 0 heterocycles. The van der Waals surface area contributed by atoms with E-state index in [0.29, 0.717) is 5.88 Å². The molecule has 2 nitrogen and oxygen atoms in total. The topological polar surface area (TPSA) is 6.48 Å². The molecule has 0 aliphatic heterocycles. The van der Waals surface area contributed by atoms with Crippen molar-refractivity contribution >= 4 is 23.0 Å². The van der Waals surface area contributed by atoms with E-state index in [9.17, 15) is 0 Å². The van der Waals surface area contributed by atoms with Crippen LogP contribution in [0.5, 0.6) is 0 Å². The molecular weight excluding hydrogens is 292 g/mol. The van der Waals surface area contributed by atoms with E-state index < -0.39 is 0 Å². The normalized spacial score (nSPS) is 12.0. The monoisotopic (exact) mass is 314 g/mol. The van der Waals surface area contributed by atoms with Crippen LogP contribution < -0.4 is 9.80 Å². The highest BCUT2D eigenvalue weighted by Gasteiger charge is 2.20. The number of hydrogen-bond acceptors (Lipinski definition) is 2. The minimum atomic E-state index is 0.659. The number of rotatable bonds is 5. The van der Waals surface area contributed by atoms with Crippen LogP contribution in [0.15, 0.2) is 36.4 Å². The quantitative estimate of drug-likeness (QED) is 0.644. The number of alkyl halides is 1. The van der Waals surface area contributed by atoms with Crippen molar-refractivity contribution in [1.29, 1.82) is 0 Å². The third kappa shape index (κ3) is 2.68. The molecule has 0 bridgehead atoms. The van der Waals surface area contributed by atoms with Crippen molar-refractivity contribution in [3.05, 3.63) is 47.5 Å². The lowest BCUT2D eigenvalue weighted by molar-refractivity contribution is 0.870. The van der Waals surface area contributed by atoms with Crippen molar-refractivity contribution in [3.63, 3.8) is 0 Å². The summed E-state index contributed by atoms with van der Waals surface area (Å²) < 4.78 is 0. The van der Waals surface area contributed by atoms with Crippen LogP contribution in [-0.4, -0.2) is 33.1 Å². The SMILES string of the molecule is CCN(CCCl)c1ccc2c(c1)-c1cc(N(C)C)ccc1C2. The predicted octanol–water partition coefficient (Wildman–Crippen LogP) is 4.39. The van der Waals surface area contributed by atoms with Gasteiger partial charge in [-0.15, -0.1) is 11.6 Å². The Kier molecular flexibility index (Phi) is 4.30. The molecule has 1 aliphatic rings. The van der Waals surface area contributed by atoms with Crippen LogP contribution in [-0.2, 0) is 6.42 Å². The summed E-state index contributed by atoms with van der Waals surface area (Å²) in [5.74, 6) is 0.659. The molecule has 0 fully saturated rings. The molecule has 0 unspecified atom stereocenters. The van der Waals surface area contributed by atoms with Crippen molar-refractivity contribution in [2.75, 3.05) is 42.9 Å². The molecule has 3 rings (SSSR count). The molecule has 2 aromatic carbocycles. The molecule has 2 aromatic rings. The second-order valence-corrected chi connectivity index (χ2v) is 6.40. The smallest absolute Gasteiger partial charge is 0.0399 e. The van der Waals surface area contributed by atoms with Crippen molar-refractivity contribution in [2.24, 2.45) is 0 Å². The van der Waals surface area contributed by atoms with Gasteiger partial charge in [-0.2, -0.15) is 0 Å². The van der Waals surface area contributed by atoms with Crippen LogP contribution in [0.4, 0.5) is 11.4 Å². The zero-order valence-electron chi connectivity index (χ0n) is 13.6. The summed E-state index contributed by atoms with van der Waals surface area (Å²) in [7, 11) is 4.18. The molecule has 0 radical (unpaired) electrons. The maximum Gasteiger partial charge on any atom is 0.0399 e. The van der Waals surface area contributed by atoms with Crippen LogP contribution in [0, 0.1) is 0 Å². The molecule has 0 atom stereocenters. The van der Waals surface area contributed by atoms with Gasteiger partial charge in [0.1, 0.15) is 0 Å². The fraction of sp³-hybridized carbons (Fsp3) is 0.368. The van der Waals surface area contributed by atoms with Gasteiger partial charge >= 0.3 is 0 Å². The van der Waals surface area contributed by atoms with Crippen molar-refractivity contribution < 1.29 is 0 Å². The summed E-state index contributed by atoms with van der Waals surface area (Å²) in [4.78, 5) is 4.50. The maximum atomic E-state index is 5.93. The standard InChI is InChI=1S/C19H23ClN2/c1-4-22(10-9-20)17-8-6-15-11-14-5-7-16(21(2)3)12-18(14)19(15)13-17/h5-8,12-13H,4,9-11H2,1-3H3. The van der Waals surface area contributed by atoms with Crippen LogP contribution in [0.1, 0.15) is 18.1 Å². The molecule has 0 amide bonds. The van der Waals surface area contributed by atoms with Gasteiger partial charge in [-0.05, 0) is 59.9 Å². The maximum absolute atomic E-state index is 5.93. The second kappa shape index (κ2) is 6.21. The number of fused-ring (bicyclic) bond motifs is 3. The minimum Gasteiger partial charge on any atom is -0.378 e. The van der Waals surface area contributed by atoms with Crippen LogP contribution in [0.25, 0.3) is 11.1 Å². The average Bonchev–Trinajstić information content (AvgIpc) is 2.89. The van der Waals surface area contributed by atoms with Crippen LogP contribution >= 0.6 is 11.6 Å². The Morgan fingerprint density at radius 2 is 1.55 bits per heavy atom. The fourth-order valence-electron chi connectivity index (χ4n) is 3.19. The highest BCUT2D eigenvalue weighted by molar-refractivity contribution is 6.18. The average molecular weight is 315 g/mol. The van der Waals surface area contributed by atoms with Gasteiger partial charge < -0.3 is 9.80 Å². The molecule has 0 saturated heterocycles. The third-order valence-electron chi connectivity index (χ3n) is 4.48. The largest absolute Gasteiger partial charge is 0.378 e. The first kappa shape index (κ1) is 15.2. The summed E-state index contributed by atoms with van der Waals surface area (Å²) in [5.41, 5.74) is 8.14. The zero-order chi connectivity index (χ0) is 15.7. The highest BCUT2D eigenvalue weighted by Crippen LogP contribution is 2.40. The first-order valence-corrected chi connectivity index (χ1v) is 8.42. The molecule has 0 N–H and O–H groups in total. The van der Waals surface area contributed by atoms with Gasteiger partial charge in [-0.3, -0.25) is 0 Å². The molecule has 116 valence electrons. The molecule has 22 heavy (non-hydrogen) atoms. The summed E-state index contributed by atoms with van der Waals surface area (Å²) >= 11 is 5.93. The van der Waals surface area contributed by atoms with Gasteiger partial charge in [-0.25, -0.2) is 0 Å². The van der Waals surface area contributed by atoms with Gasteiger partial charge in [0.05, 0.1) is 0 Å². The Hall–Kier alpha value is -1.67. The van der Waals surface area contributed by atoms with E-state index >= 15 is 0 Å². The molecule has 1 aliphatic carbocycles. The second-order valence-electron chi connectivity index (χ2n) is 6.02. The first-order valence-electron chi connectivity index (χ1n) is 7.88. The van der Waals surface area contributed by atoms with Crippen LogP contribution in [0.3, 0.4) is 0 Å². The number of halogens is 1. The Bertz CT molecular complexity index is 679. The summed E-state index contributed by atoms with van der Waals surface area (Å²) in [6, 6.07) is 13.6. The van der Waals surface area contributed by atoms with E-state index in [2.05, 4.69) is 67.2 Å². The van der Waals surface area contributed by atoms with Crippen molar-refractivity contribution in [2.45, 2.75) is 13.3 Å². The van der Waals surface area contributed by atoms with E-state index in [4.69, 9.17) is 11.6 Å². The van der Waals surface area contributed by atoms with Crippen molar-refractivity contribution in [1.82, 2.24) is 0 Å². The Morgan fingerprint density at radius 3 is 2.09 bits per heavy atom. The summed E-state index contributed by atoms with van der Waals surface area (Å²) in [6.45, 7) is 4.05. The van der Waals surface area contributed by atoms with Crippen LogP contribution in [0.2, 0.25) is 0 Å². The van der Waals surface area contributed by atoms with Gasteiger partial charge in [0, 0.05) is 44.4 Å². The Labute approximate surface area is 138 Å². The minimum absolute atomic E-state index is 0.659. The number of benzene rings is 2. The number of anilines is 2. The predicted molar refractivity (Wildman–Crippen MR) is 97.6 cm³/mol. The van der Waals surface area contributed by atoms with E-state index in [0.717, 1.165) is 19.5 Å². The lowest BCUT2D eigenvalue weighted by Crippen LogP contribution is -2.24. The van der Waals surface area contributed by atoms with E-state index in [1.165, 1.54) is 33.6 Å². The zero-order valence-corrected chi connectivity index (χ0v) is 14.3. The van der Waals surface area contributed by atoms with Gasteiger partial charge in [0.25, 0.3) is 0 Å². The summed E-state index contributed by atoms with van der Waals surface area (Å²) in [6.07, 6.45) is 1.04. The molecule has 0 saturated carbocycles. The molecule has 0 spiro atoms. The van der Waals surface area contributed by atoms with Crippen molar-refractivity contribution in [3.8, 4) is 11.1 Å². The lowest BCUT2D eigenvalue weighted by Gasteiger charge is -2.23. The number of hydrogen-bond donors (Lipinski definition) is 0. The van der Waals surface area contributed by atoms with E-state index in [-0.39, 0.29) is 0 Å². The Morgan fingerprint density at radius 1 is 0.955 bits per heavy atom. The third-order valence-corrected chi connectivity index (χ3v) is 4.64. The van der Waals surface area contributed by atoms with E-state index in [1.807, 2.05) is 0 Å². The van der Waals surface area contributed by atoms with E-state index in [1.54, 1.807) is 0 Å². The first-order chi connectivity index (χ1) is 10.6. The molecule has 3 heteroatoms. The Balaban J connectivity index is 2.03. The van der Waals surface area contributed by atoms with Gasteiger partial charge in [0.15, 0.2) is 0 Å². The summed E-state index contributed by atoms with van der Waals surface area (Å²) in [5, 5.41) is 0. The lowest BCUT2D eigenvalue weighted by atomic mass is 10.0. The van der Waals surface area contributed by atoms with Gasteiger partial charge in [0.2, 0.25) is 0 Å². The fourth-order valence-corrected chi connectivity index (χ4v) is 3.39. The highest BCUT2D eigenvalue weighted by atomic mass is 35.5. The number of nitrogens with zero attached hydrogens (tertiary/aromatic N) is 2. The van der Waals surface area contributed by atoms with Gasteiger partial charge in [-0.1, -0.05) is 12.1 Å².